The lowest BCUT2D eigenvalue weighted by molar-refractivity contribution is 0.414. The standard InChI is InChI=1S/C11H14N4OS/c1-7-5-8(16-2)3-4-9(7)11(14-12)10-6-13-15-17-10/h3-6,11,14H,12H2,1-2H3. The van der Waals surface area contributed by atoms with Gasteiger partial charge in [-0.2, -0.15) is 0 Å². The van der Waals surface area contributed by atoms with Crippen molar-refractivity contribution in [1.29, 1.82) is 0 Å². The first kappa shape index (κ1) is 12.0. The monoisotopic (exact) mass is 250 g/mol. The van der Waals surface area contributed by atoms with E-state index in [1.807, 2.05) is 25.1 Å². The van der Waals surface area contributed by atoms with Gasteiger partial charge in [-0.3, -0.25) is 5.84 Å². The lowest BCUT2D eigenvalue weighted by atomic mass is 10.0. The van der Waals surface area contributed by atoms with E-state index in [2.05, 4.69) is 15.0 Å². The van der Waals surface area contributed by atoms with Gasteiger partial charge in [0.1, 0.15) is 5.75 Å². The fourth-order valence-corrected chi connectivity index (χ4v) is 2.31. The van der Waals surface area contributed by atoms with Gasteiger partial charge in [0.15, 0.2) is 0 Å². The molecule has 0 spiro atoms. The molecule has 0 aliphatic rings. The van der Waals surface area contributed by atoms with E-state index in [4.69, 9.17) is 10.6 Å². The average molecular weight is 250 g/mol. The smallest absolute Gasteiger partial charge is 0.119 e. The number of ether oxygens (including phenoxy) is 1. The van der Waals surface area contributed by atoms with Crippen LogP contribution in [0.1, 0.15) is 22.0 Å². The minimum Gasteiger partial charge on any atom is -0.497 e. The van der Waals surface area contributed by atoms with Crippen molar-refractivity contribution in [2.45, 2.75) is 13.0 Å². The number of aromatic nitrogens is 2. The van der Waals surface area contributed by atoms with E-state index < -0.39 is 0 Å². The molecule has 1 aromatic carbocycles. The van der Waals surface area contributed by atoms with E-state index in [1.54, 1.807) is 13.3 Å². The zero-order chi connectivity index (χ0) is 12.3. The van der Waals surface area contributed by atoms with Crippen LogP contribution in [0.4, 0.5) is 0 Å². The molecule has 0 amide bonds. The van der Waals surface area contributed by atoms with Gasteiger partial charge in [-0.05, 0) is 41.7 Å². The number of hydrazine groups is 1. The maximum absolute atomic E-state index is 5.61. The molecule has 1 unspecified atom stereocenters. The first-order valence-electron chi connectivity index (χ1n) is 5.14. The maximum Gasteiger partial charge on any atom is 0.119 e. The van der Waals surface area contributed by atoms with Gasteiger partial charge in [0.05, 0.1) is 24.2 Å². The SMILES string of the molecule is COc1ccc(C(NN)c2cnns2)c(C)c1. The summed E-state index contributed by atoms with van der Waals surface area (Å²) in [5, 5.41) is 3.83. The summed E-state index contributed by atoms with van der Waals surface area (Å²) in [4.78, 5) is 0.987. The summed E-state index contributed by atoms with van der Waals surface area (Å²) >= 11 is 1.33. The summed E-state index contributed by atoms with van der Waals surface area (Å²) < 4.78 is 9.03. The highest BCUT2D eigenvalue weighted by Gasteiger charge is 2.17. The van der Waals surface area contributed by atoms with Gasteiger partial charge < -0.3 is 4.74 Å². The van der Waals surface area contributed by atoms with Crippen LogP contribution >= 0.6 is 11.5 Å². The summed E-state index contributed by atoms with van der Waals surface area (Å²) in [6.45, 7) is 2.02. The van der Waals surface area contributed by atoms with Gasteiger partial charge in [0, 0.05) is 0 Å². The topological polar surface area (TPSA) is 73.1 Å². The second kappa shape index (κ2) is 5.22. The van der Waals surface area contributed by atoms with Gasteiger partial charge in [-0.15, -0.1) is 5.10 Å². The van der Waals surface area contributed by atoms with Crippen LogP contribution in [0.2, 0.25) is 0 Å². The molecule has 1 heterocycles. The predicted octanol–water partition coefficient (Wildman–Crippen LogP) is 1.41. The first-order chi connectivity index (χ1) is 8.26. The van der Waals surface area contributed by atoms with E-state index in [0.29, 0.717) is 0 Å². The number of aryl methyl sites for hydroxylation is 1. The highest BCUT2D eigenvalue weighted by Crippen LogP contribution is 2.28. The van der Waals surface area contributed by atoms with Crippen LogP contribution in [0.5, 0.6) is 5.75 Å². The zero-order valence-corrected chi connectivity index (χ0v) is 10.5. The Morgan fingerprint density at radius 1 is 1.47 bits per heavy atom. The molecule has 5 nitrogen and oxygen atoms in total. The minimum absolute atomic E-state index is 0.0825. The Morgan fingerprint density at radius 3 is 2.82 bits per heavy atom. The van der Waals surface area contributed by atoms with Gasteiger partial charge in [0.2, 0.25) is 0 Å². The molecule has 6 heteroatoms. The highest BCUT2D eigenvalue weighted by atomic mass is 32.1. The van der Waals surface area contributed by atoms with Crippen molar-refractivity contribution in [1.82, 2.24) is 15.0 Å². The second-order valence-electron chi connectivity index (χ2n) is 3.64. The zero-order valence-electron chi connectivity index (χ0n) is 9.68. The Labute approximate surface area is 104 Å². The Morgan fingerprint density at radius 2 is 2.29 bits per heavy atom. The third-order valence-electron chi connectivity index (χ3n) is 2.62. The highest BCUT2D eigenvalue weighted by molar-refractivity contribution is 7.05. The lowest BCUT2D eigenvalue weighted by Gasteiger charge is -2.16. The number of nitrogens with zero attached hydrogens (tertiary/aromatic N) is 2. The summed E-state index contributed by atoms with van der Waals surface area (Å²) in [5.41, 5.74) is 5.00. The normalized spacial score (nSPS) is 12.4. The summed E-state index contributed by atoms with van der Waals surface area (Å²) in [6.07, 6.45) is 1.72. The van der Waals surface area contributed by atoms with Crippen molar-refractivity contribution in [3.63, 3.8) is 0 Å². The van der Waals surface area contributed by atoms with Gasteiger partial charge >= 0.3 is 0 Å². The molecular formula is C11H14N4OS. The number of nitrogens with two attached hydrogens (primary N) is 1. The van der Waals surface area contributed by atoms with Gasteiger partial charge in [0.25, 0.3) is 0 Å². The third-order valence-corrected chi connectivity index (χ3v) is 3.35. The molecule has 90 valence electrons. The minimum atomic E-state index is -0.0825. The molecule has 2 aromatic rings. The van der Waals surface area contributed by atoms with E-state index >= 15 is 0 Å². The van der Waals surface area contributed by atoms with Crippen molar-refractivity contribution >= 4 is 11.5 Å². The maximum atomic E-state index is 5.61. The molecule has 0 saturated heterocycles. The molecule has 2 rings (SSSR count). The Hall–Kier alpha value is -1.50. The van der Waals surface area contributed by atoms with E-state index in [-0.39, 0.29) is 6.04 Å². The van der Waals surface area contributed by atoms with Gasteiger partial charge in [-0.1, -0.05) is 10.6 Å². The Kier molecular flexibility index (Phi) is 3.68. The fourth-order valence-electron chi connectivity index (χ4n) is 1.73. The molecule has 0 aliphatic heterocycles. The van der Waals surface area contributed by atoms with Crippen LogP contribution in [0.15, 0.2) is 24.4 Å². The number of nitrogens with one attached hydrogen (secondary N) is 1. The number of benzene rings is 1. The largest absolute Gasteiger partial charge is 0.497 e. The van der Waals surface area contributed by atoms with Gasteiger partial charge in [-0.25, -0.2) is 5.43 Å². The second-order valence-corrected chi connectivity index (χ2v) is 4.46. The molecule has 0 aliphatic carbocycles. The third kappa shape index (κ3) is 2.44. The lowest BCUT2D eigenvalue weighted by Crippen LogP contribution is -2.28. The van der Waals surface area contributed by atoms with Crippen molar-refractivity contribution in [2.75, 3.05) is 7.11 Å². The molecule has 0 saturated carbocycles. The Bertz CT molecular complexity index is 486. The molecule has 0 fully saturated rings. The van der Waals surface area contributed by atoms with E-state index in [9.17, 15) is 0 Å². The number of hydrogen-bond donors (Lipinski definition) is 2. The summed E-state index contributed by atoms with van der Waals surface area (Å²) in [6, 6.07) is 5.81. The van der Waals surface area contributed by atoms with Crippen LogP contribution in [-0.4, -0.2) is 16.7 Å². The van der Waals surface area contributed by atoms with Crippen LogP contribution in [0, 0.1) is 6.92 Å². The van der Waals surface area contributed by atoms with Crippen LogP contribution in [0.25, 0.3) is 0 Å². The van der Waals surface area contributed by atoms with Crippen molar-refractivity contribution in [2.24, 2.45) is 5.84 Å². The number of methoxy groups -OCH3 is 1. The van der Waals surface area contributed by atoms with Crippen molar-refractivity contribution < 1.29 is 4.74 Å². The van der Waals surface area contributed by atoms with Crippen molar-refractivity contribution in [3.05, 3.63) is 40.4 Å². The number of hydrogen-bond acceptors (Lipinski definition) is 6. The summed E-state index contributed by atoms with van der Waals surface area (Å²) in [7, 11) is 1.65. The molecule has 17 heavy (non-hydrogen) atoms. The van der Waals surface area contributed by atoms with Crippen LogP contribution in [-0.2, 0) is 0 Å². The predicted molar refractivity (Wildman–Crippen MR) is 66.8 cm³/mol. The molecule has 1 aromatic heterocycles. The molecule has 0 radical (unpaired) electrons. The molecule has 3 N–H and O–H groups in total. The quantitative estimate of drug-likeness (QED) is 0.634. The van der Waals surface area contributed by atoms with E-state index in [0.717, 1.165) is 21.8 Å². The van der Waals surface area contributed by atoms with Crippen molar-refractivity contribution in [3.8, 4) is 5.75 Å². The first-order valence-corrected chi connectivity index (χ1v) is 5.91. The van der Waals surface area contributed by atoms with Crippen LogP contribution < -0.4 is 16.0 Å². The average Bonchev–Trinajstić information content (AvgIpc) is 2.85. The van der Waals surface area contributed by atoms with E-state index in [1.165, 1.54) is 11.5 Å². The Balaban J connectivity index is 2.38. The molecule has 0 bridgehead atoms. The molecule has 1 atom stereocenters. The number of rotatable bonds is 4. The fraction of sp³-hybridized carbons (Fsp3) is 0.273. The van der Waals surface area contributed by atoms with Crippen LogP contribution in [0.3, 0.4) is 0 Å². The molecular weight excluding hydrogens is 236 g/mol. The summed E-state index contributed by atoms with van der Waals surface area (Å²) in [5.74, 6) is 6.44.